The number of hydrogen-bond donors (Lipinski definition) is 3. The third-order valence-corrected chi connectivity index (χ3v) is 3.78. The largest absolute Gasteiger partial charge is 0.520 e. The summed E-state index contributed by atoms with van der Waals surface area (Å²) in [5.74, 6) is -0.935. The van der Waals surface area contributed by atoms with Crippen molar-refractivity contribution in [2.24, 2.45) is 5.73 Å². The van der Waals surface area contributed by atoms with Gasteiger partial charge < -0.3 is 21.2 Å². The predicted molar refractivity (Wildman–Crippen MR) is 93.9 cm³/mol. The molecule has 0 aromatic heterocycles. The van der Waals surface area contributed by atoms with Crippen LogP contribution in [0.5, 0.6) is 0 Å². The smallest absolute Gasteiger partial charge is 0.240 e. The number of primary amides is 1. The molecule has 0 saturated carbocycles. The van der Waals surface area contributed by atoms with Crippen molar-refractivity contribution in [2.45, 2.75) is 24.9 Å². The minimum absolute atomic E-state index is 0. The maximum atomic E-state index is 12.6. The summed E-state index contributed by atoms with van der Waals surface area (Å²) in [6.45, 7) is 0. The van der Waals surface area contributed by atoms with E-state index in [1.165, 1.54) is 6.41 Å². The van der Waals surface area contributed by atoms with E-state index >= 15 is 0 Å². The molecule has 1 atom stereocenters. The molecule has 6 nitrogen and oxygen atoms in total. The Bertz CT molecular complexity index is 671. The van der Waals surface area contributed by atoms with E-state index in [4.69, 9.17) is 5.73 Å². The van der Waals surface area contributed by atoms with Crippen molar-refractivity contribution in [1.29, 1.82) is 0 Å². The van der Waals surface area contributed by atoms with Crippen LogP contribution in [-0.2, 0) is 14.4 Å². The summed E-state index contributed by atoms with van der Waals surface area (Å²) in [6.07, 6.45) is 1.62. The van der Waals surface area contributed by atoms with Crippen molar-refractivity contribution in [3.8, 4) is 0 Å². The third kappa shape index (κ3) is 5.49. The van der Waals surface area contributed by atoms with E-state index in [-0.39, 0.29) is 18.9 Å². The summed E-state index contributed by atoms with van der Waals surface area (Å²) in [5, 5.41) is 5.25. The van der Waals surface area contributed by atoms with E-state index in [0.29, 0.717) is 0 Å². The van der Waals surface area contributed by atoms with Crippen molar-refractivity contribution in [1.82, 2.24) is 10.6 Å². The van der Waals surface area contributed by atoms with Crippen LogP contribution in [0, 0.1) is 0 Å². The van der Waals surface area contributed by atoms with Crippen LogP contribution in [0.4, 0.5) is 0 Å². The number of nitrogens with one attached hydrogen (secondary N) is 2. The number of amides is 3. The molecule has 142 valence electrons. The van der Waals surface area contributed by atoms with Crippen LogP contribution >= 0.6 is 0 Å². The molecule has 0 bridgehead atoms. The first kappa shape index (κ1) is 19.9. The third-order valence-electron chi connectivity index (χ3n) is 3.78. The van der Waals surface area contributed by atoms with Crippen LogP contribution in [0.15, 0.2) is 60.7 Å². The van der Waals surface area contributed by atoms with E-state index in [1.807, 2.05) is 60.7 Å². The topological polar surface area (TPSA) is 101 Å². The van der Waals surface area contributed by atoms with Gasteiger partial charge in [0.25, 0.3) is 0 Å². The van der Waals surface area contributed by atoms with Gasteiger partial charge in [0.15, 0.2) is 0 Å². The summed E-state index contributed by atoms with van der Waals surface area (Å²) >= 11 is 0. The second kappa shape index (κ2) is 9.87. The van der Waals surface area contributed by atoms with Gasteiger partial charge in [-0.05, 0) is 17.5 Å². The Hall–Kier alpha value is -4.15. The first-order chi connectivity index (χ1) is 12.1. The molecular formula is C19H20FmN3O3-. The van der Waals surface area contributed by atoms with Crippen molar-refractivity contribution in [3.05, 3.63) is 71.8 Å². The van der Waals surface area contributed by atoms with E-state index in [9.17, 15) is 14.4 Å². The van der Waals surface area contributed by atoms with Gasteiger partial charge in [-0.15, -0.1) is 0 Å². The van der Waals surface area contributed by atoms with Gasteiger partial charge in [-0.1, -0.05) is 60.7 Å². The second-order valence-electron chi connectivity index (χ2n) is 5.57. The second-order valence-corrected chi connectivity index (χ2v) is 5.57. The number of nitrogens with two attached hydrogens (primary N) is 1. The summed E-state index contributed by atoms with van der Waals surface area (Å²) in [5.41, 5.74) is 6.94. The zero-order valence-corrected chi connectivity index (χ0v) is 16.3. The van der Waals surface area contributed by atoms with E-state index < -0.39 is 17.9 Å². The first-order valence-electron chi connectivity index (χ1n) is 7.93. The summed E-state index contributed by atoms with van der Waals surface area (Å²) in [6, 6.07) is 17.7. The molecule has 0 aliphatic carbocycles. The number of carbonyl (C=O) groups excluding carboxylic acids is 3. The Morgan fingerprint density at radius 1 is 0.962 bits per heavy atom. The Kier molecular flexibility index (Phi) is 7.55. The molecule has 2 aromatic rings. The van der Waals surface area contributed by atoms with Crippen molar-refractivity contribution < 1.29 is 14.4 Å². The van der Waals surface area contributed by atoms with Gasteiger partial charge in [0, 0.05) is 6.42 Å². The van der Waals surface area contributed by atoms with Gasteiger partial charge in [0.05, 0.1) is 12.1 Å². The van der Waals surface area contributed by atoms with Crippen LogP contribution in [-0.4, -0.2) is 24.3 Å². The zero-order valence-electron chi connectivity index (χ0n) is 13.9. The quantitative estimate of drug-likeness (QED) is 0.300. The van der Waals surface area contributed by atoms with Gasteiger partial charge in [-0.25, -0.2) is 0 Å². The summed E-state index contributed by atoms with van der Waals surface area (Å²) in [4.78, 5) is 34.2. The molecule has 7 heteroatoms. The number of hydrogen-bond acceptors (Lipinski definition) is 3. The van der Waals surface area contributed by atoms with Crippen LogP contribution in [0.3, 0.4) is 0 Å². The molecule has 26 heavy (non-hydrogen) atoms. The van der Waals surface area contributed by atoms with Crippen molar-refractivity contribution >= 4 is 18.2 Å². The minimum Gasteiger partial charge on any atom is -0.520 e. The molecule has 2 aromatic carbocycles. The number of rotatable bonds is 9. The molecule has 1 unspecified atom stereocenters. The Labute approximate surface area is 146 Å². The molecule has 3 amide bonds. The first-order valence-corrected chi connectivity index (χ1v) is 7.93. The normalized spacial score (nSPS) is 11.1. The molecular weight excluding hydrogens is 575 g/mol. The fraction of sp³-hybridized carbons (Fsp3) is 0.211. The van der Waals surface area contributed by atoms with Gasteiger partial charge in [-0.3, -0.25) is 9.59 Å². The minimum atomic E-state index is -0.875. The van der Waals surface area contributed by atoms with Crippen LogP contribution in [0.25, 0.3) is 0 Å². The van der Waals surface area contributed by atoms with Crippen LogP contribution < -0.4 is 16.4 Å². The van der Waals surface area contributed by atoms with Gasteiger partial charge >= 0.3 is 0 Å². The molecule has 0 saturated heterocycles. The summed E-state index contributed by atoms with van der Waals surface area (Å²) in [7, 11) is 0. The van der Waals surface area contributed by atoms with Gasteiger partial charge in [0.2, 0.25) is 11.8 Å². The van der Waals surface area contributed by atoms with Crippen LogP contribution in [0.2, 0.25) is 0 Å². The monoisotopic (exact) mass is 595 g/mol. The molecule has 0 radical (unpaired) electrons. The molecule has 0 fully saturated rings. The van der Waals surface area contributed by atoms with Gasteiger partial charge in [0.1, 0.15) is 0 Å². The summed E-state index contributed by atoms with van der Waals surface area (Å²) < 4.78 is 0. The standard InChI is InChI=1S/C19H20N3O3.Fm/c20-17(24)12-11-16(21-13-23)19(25)22-18(14-7-3-1-4-8-14)15-9-5-2-6-10-15;/h1-10,16,18H,11-12H2,(H2,20,24)(H,21,23)(H,22,25);/q-1;. The maximum Gasteiger partial charge on any atom is 0.240 e. The molecule has 0 spiro atoms. The Morgan fingerprint density at radius 2 is 1.46 bits per heavy atom. The number of carbonyl (C=O) groups is 2. The average Bonchev–Trinajstić information content (AvgIpc) is 2.64. The van der Waals surface area contributed by atoms with Crippen LogP contribution in [0.1, 0.15) is 30.0 Å². The van der Waals surface area contributed by atoms with Crippen molar-refractivity contribution in [3.63, 3.8) is 0 Å². The zero-order chi connectivity index (χ0) is 18.1. The van der Waals surface area contributed by atoms with E-state index in [0.717, 1.165) is 11.1 Å². The Balaban J connectivity index is 0.00000338. The molecule has 4 N–H and O–H groups in total. The number of benzene rings is 2. The molecule has 2 rings (SSSR count). The van der Waals surface area contributed by atoms with Crippen molar-refractivity contribution in [2.75, 3.05) is 0 Å². The van der Waals surface area contributed by atoms with E-state index in [1.54, 1.807) is 0 Å². The fourth-order valence-corrected chi connectivity index (χ4v) is 2.52. The molecule has 0 aliphatic rings. The molecule has 0 aliphatic heterocycles. The Morgan fingerprint density at radius 3 is 1.88 bits per heavy atom. The van der Waals surface area contributed by atoms with Gasteiger partial charge in [-0.2, -0.15) is 6.41 Å². The van der Waals surface area contributed by atoms with E-state index in [2.05, 4.69) is 10.6 Å². The average molecular weight is 595 g/mol. The SMILES string of the molecule is NC(=O)CCC(N[C-]=O)C(=O)NC(c1ccccc1)c1ccccc1.[Fm]. The predicted octanol–water partition coefficient (Wildman–Crippen LogP) is 1.18. The fourth-order valence-electron chi connectivity index (χ4n) is 2.52. The molecule has 0 heterocycles. The maximum absolute atomic E-state index is 12.6.